The number of allylic oxidation sites excluding steroid dienone is 3. The van der Waals surface area contributed by atoms with E-state index in [0.29, 0.717) is 25.3 Å². The SMILES string of the molecule is C/C=C\CC.C=C(C)Cn1c(CCC(=O)O)cc2cc(OCc3ccc4ccccc4n3)cnc21.CC. The Morgan fingerprint density at radius 1 is 1.14 bits per heavy atom. The number of benzene rings is 1. The molecule has 0 radical (unpaired) electrons. The minimum atomic E-state index is -0.818. The van der Waals surface area contributed by atoms with Crippen molar-refractivity contribution in [1.29, 1.82) is 0 Å². The molecule has 0 fully saturated rings. The van der Waals surface area contributed by atoms with Crippen molar-refractivity contribution < 1.29 is 14.6 Å². The molecule has 37 heavy (non-hydrogen) atoms. The van der Waals surface area contributed by atoms with Crippen LogP contribution in [0.4, 0.5) is 0 Å². The second-order valence-corrected chi connectivity index (χ2v) is 8.42. The Hall–Kier alpha value is -3.93. The molecule has 0 aliphatic carbocycles. The summed E-state index contributed by atoms with van der Waals surface area (Å²) < 4.78 is 7.95. The second kappa shape index (κ2) is 15.2. The normalized spacial score (nSPS) is 10.5. The summed E-state index contributed by atoms with van der Waals surface area (Å²) >= 11 is 0. The molecule has 6 heteroatoms. The van der Waals surface area contributed by atoms with Gasteiger partial charge in [0.25, 0.3) is 0 Å². The van der Waals surface area contributed by atoms with Crippen LogP contribution in [0, 0.1) is 0 Å². The number of para-hydroxylation sites is 1. The highest BCUT2D eigenvalue weighted by Crippen LogP contribution is 2.25. The zero-order valence-corrected chi connectivity index (χ0v) is 22.7. The first kappa shape index (κ1) is 29.3. The Balaban J connectivity index is 0.000000617. The van der Waals surface area contributed by atoms with Crippen LogP contribution in [0.1, 0.15) is 58.8 Å². The van der Waals surface area contributed by atoms with E-state index < -0.39 is 5.97 Å². The smallest absolute Gasteiger partial charge is 0.303 e. The highest BCUT2D eigenvalue weighted by molar-refractivity contribution is 5.80. The van der Waals surface area contributed by atoms with Gasteiger partial charge in [0.2, 0.25) is 0 Å². The van der Waals surface area contributed by atoms with Crippen LogP contribution in [0.3, 0.4) is 0 Å². The number of nitrogens with zero attached hydrogens (tertiary/aromatic N) is 3. The van der Waals surface area contributed by atoms with Crippen molar-refractivity contribution in [3.8, 4) is 5.75 Å². The Morgan fingerprint density at radius 2 is 1.89 bits per heavy atom. The summed E-state index contributed by atoms with van der Waals surface area (Å²) in [6.07, 6.45) is 7.55. The zero-order valence-electron chi connectivity index (χ0n) is 22.7. The molecule has 0 amide bonds. The van der Waals surface area contributed by atoms with Crippen molar-refractivity contribution in [2.24, 2.45) is 0 Å². The van der Waals surface area contributed by atoms with Crippen LogP contribution in [-0.4, -0.2) is 25.6 Å². The maximum atomic E-state index is 11.0. The van der Waals surface area contributed by atoms with Crippen molar-refractivity contribution in [3.05, 3.63) is 90.4 Å². The largest absolute Gasteiger partial charge is 0.486 e. The van der Waals surface area contributed by atoms with E-state index in [-0.39, 0.29) is 6.42 Å². The van der Waals surface area contributed by atoms with Gasteiger partial charge >= 0.3 is 5.97 Å². The molecular formula is C31H39N3O3. The lowest BCUT2D eigenvalue weighted by molar-refractivity contribution is -0.136. The highest BCUT2D eigenvalue weighted by Gasteiger charge is 2.13. The second-order valence-electron chi connectivity index (χ2n) is 8.42. The van der Waals surface area contributed by atoms with Gasteiger partial charge in [0.1, 0.15) is 18.0 Å². The molecule has 1 aromatic carbocycles. The van der Waals surface area contributed by atoms with Crippen LogP contribution < -0.4 is 4.74 Å². The predicted molar refractivity (Wildman–Crippen MR) is 153 cm³/mol. The number of carbonyl (C=O) groups is 1. The van der Waals surface area contributed by atoms with Gasteiger partial charge in [0, 0.05) is 23.0 Å². The first-order valence-corrected chi connectivity index (χ1v) is 12.8. The van der Waals surface area contributed by atoms with Gasteiger partial charge in [-0.25, -0.2) is 9.97 Å². The summed E-state index contributed by atoms with van der Waals surface area (Å²) in [5.74, 6) is -0.170. The van der Waals surface area contributed by atoms with Crippen LogP contribution in [0.15, 0.2) is 79.0 Å². The van der Waals surface area contributed by atoms with E-state index in [1.165, 1.54) is 0 Å². The van der Waals surface area contributed by atoms with Gasteiger partial charge in [0.15, 0.2) is 0 Å². The van der Waals surface area contributed by atoms with E-state index in [0.717, 1.165) is 45.3 Å². The van der Waals surface area contributed by atoms with Crippen LogP contribution >= 0.6 is 0 Å². The standard InChI is InChI=1S/C24H23N3O3.C5H10.C2H6/c1-16(2)14-27-20(9-10-23(28)29)11-18-12-21(13-25-24(18)27)30-15-19-8-7-17-5-3-4-6-22(17)26-19;1-3-5-4-2;1-2/h3-8,11-13H,1,9-10,14-15H2,2H3,(H,28,29);3,5H,4H2,1-2H3;1-2H3/b;5-3-;. The van der Waals surface area contributed by atoms with Gasteiger partial charge in [-0.3, -0.25) is 4.79 Å². The van der Waals surface area contributed by atoms with Crippen molar-refractivity contribution in [2.45, 2.75) is 67.0 Å². The van der Waals surface area contributed by atoms with Crippen LogP contribution in [0.25, 0.3) is 21.9 Å². The minimum absolute atomic E-state index is 0.0729. The first-order valence-electron chi connectivity index (χ1n) is 12.8. The van der Waals surface area contributed by atoms with Crippen LogP contribution in [0.2, 0.25) is 0 Å². The fourth-order valence-corrected chi connectivity index (χ4v) is 3.73. The third-order valence-corrected chi connectivity index (χ3v) is 5.33. The van der Waals surface area contributed by atoms with Crippen LogP contribution in [-0.2, 0) is 24.4 Å². The summed E-state index contributed by atoms with van der Waals surface area (Å²) in [6.45, 7) is 15.0. The van der Waals surface area contributed by atoms with Crippen molar-refractivity contribution in [3.63, 3.8) is 0 Å². The Morgan fingerprint density at radius 3 is 2.54 bits per heavy atom. The van der Waals surface area contributed by atoms with E-state index in [9.17, 15) is 4.79 Å². The van der Waals surface area contributed by atoms with E-state index in [4.69, 9.17) is 9.84 Å². The number of pyridine rings is 2. The number of carboxylic acid groups (broad SMARTS) is 1. The van der Waals surface area contributed by atoms with Gasteiger partial charge in [-0.05, 0) is 51.0 Å². The average molecular weight is 502 g/mol. The summed E-state index contributed by atoms with van der Waals surface area (Å²) in [7, 11) is 0. The van der Waals surface area contributed by atoms with Crippen molar-refractivity contribution in [1.82, 2.24) is 14.5 Å². The number of hydrogen-bond acceptors (Lipinski definition) is 4. The summed E-state index contributed by atoms with van der Waals surface area (Å²) in [6, 6.07) is 15.9. The monoisotopic (exact) mass is 501 g/mol. The number of ether oxygens (including phenoxy) is 1. The number of hydrogen-bond donors (Lipinski definition) is 1. The third kappa shape index (κ3) is 8.90. The maximum Gasteiger partial charge on any atom is 0.303 e. The molecule has 4 rings (SSSR count). The molecule has 6 nitrogen and oxygen atoms in total. The third-order valence-electron chi connectivity index (χ3n) is 5.33. The molecule has 0 saturated carbocycles. The van der Waals surface area contributed by atoms with Gasteiger partial charge in [-0.2, -0.15) is 0 Å². The maximum absolute atomic E-state index is 11.0. The van der Waals surface area contributed by atoms with E-state index in [2.05, 4.69) is 35.6 Å². The van der Waals surface area contributed by atoms with Gasteiger partial charge < -0.3 is 14.4 Å². The number of rotatable bonds is 9. The predicted octanol–water partition coefficient (Wildman–Crippen LogP) is 7.76. The molecule has 1 N–H and O–H groups in total. The highest BCUT2D eigenvalue weighted by atomic mass is 16.5. The molecule has 0 saturated heterocycles. The van der Waals surface area contributed by atoms with Gasteiger partial charge in [0.05, 0.1) is 23.8 Å². The summed E-state index contributed by atoms with van der Waals surface area (Å²) in [4.78, 5) is 20.2. The molecule has 196 valence electrons. The van der Waals surface area contributed by atoms with Crippen molar-refractivity contribution >= 4 is 27.9 Å². The lowest BCUT2D eigenvalue weighted by Gasteiger charge is -2.10. The quantitative estimate of drug-likeness (QED) is 0.237. The van der Waals surface area contributed by atoms with Gasteiger partial charge in [-0.1, -0.05) is 69.3 Å². The molecule has 3 aromatic heterocycles. The topological polar surface area (TPSA) is 77.2 Å². The number of aliphatic carboxylic acids is 1. The molecule has 0 aliphatic heterocycles. The number of fused-ring (bicyclic) bond motifs is 2. The minimum Gasteiger partial charge on any atom is -0.486 e. The Labute approximate surface area is 220 Å². The first-order chi connectivity index (χ1) is 17.9. The zero-order chi connectivity index (χ0) is 27.2. The number of aryl methyl sites for hydroxylation is 1. The summed E-state index contributed by atoms with van der Waals surface area (Å²) in [5, 5.41) is 11.1. The lowest BCUT2D eigenvalue weighted by atomic mass is 10.2. The van der Waals surface area contributed by atoms with Crippen molar-refractivity contribution in [2.75, 3.05) is 0 Å². The van der Waals surface area contributed by atoms with E-state index in [1.54, 1.807) is 6.20 Å². The number of aromatic nitrogens is 3. The molecule has 3 heterocycles. The molecule has 0 spiro atoms. The molecule has 0 aliphatic rings. The fourth-order valence-electron chi connectivity index (χ4n) is 3.73. The lowest BCUT2D eigenvalue weighted by Crippen LogP contribution is -2.07. The summed E-state index contributed by atoms with van der Waals surface area (Å²) in [5.41, 5.74) is 4.49. The molecule has 0 unspecified atom stereocenters. The Kier molecular flexibility index (Phi) is 12.1. The molecular weight excluding hydrogens is 462 g/mol. The van der Waals surface area contributed by atoms with Crippen LogP contribution in [0.5, 0.6) is 5.75 Å². The van der Waals surface area contributed by atoms with Gasteiger partial charge in [-0.15, -0.1) is 0 Å². The molecule has 0 bridgehead atoms. The molecule has 0 atom stereocenters. The van der Waals surface area contributed by atoms with E-state index in [1.807, 2.05) is 80.8 Å². The fraction of sp³-hybridized carbons (Fsp3) is 0.323. The number of carboxylic acids is 1. The average Bonchev–Trinajstić information content (AvgIpc) is 3.24. The Bertz CT molecular complexity index is 1340. The van der Waals surface area contributed by atoms with E-state index >= 15 is 0 Å². The molecule has 4 aromatic rings.